The number of carboxylic acids is 1. The van der Waals surface area contributed by atoms with Crippen molar-refractivity contribution >= 4 is 23.8 Å². The number of carbonyl (C=O) groups excluding carboxylic acids is 1. The highest BCUT2D eigenvalue weighted by Gasteiger charge is 2.45. The van der Waals surface area contributed by atoms with Gasteiger partial charge in [0.05, 0.1) is 5.37 Å². The maximum absolute atomic E-state index is 12.8. The first-order valence-corrected chi connectivity index (χ1v) is 8.43. The van der Waals surface area contributed by atoms with Crippen molar-refractivity contribution in [2.45, 2.75) is 57.5 Å². The molecule has 2 atom stereocenters. The SMILES string of the molecule is CCC1SCC(C(=O)O)N1C(=O)N(CC(C)C)C1CC1. The quantitative estimate of drug-likeness (QED) is 0.847. The first-order chi connectivity index (χ1) is 9.45. The number of rotatable bonds is 5. The van der Waals surface area contributed by atoms with Crippen LogP contribution in [0.15, 0.2) is 0 Å². The van der Waals surface area contributed by atoms with E-state index in [0.717, 1.165) is 19.3 Å². The van der Waals surface area contributed by atoms with Crippen LogP contribution in [0.5, 0.6) is 0 Å². The van der Waals surface area contributed by atoms with E-state index >= 15 is 0 Å². The molecule has 0 aromatic carbocycles. The smallest absolute Gasteiger partial charge is 0.327 e. The minimum absolute atomic E-state index is 0.00277. The van der Waals surface area contributed by atoms with Gasteiger partial charge in [0.25, 0.3) is 0 Å². The molecule has 1 saturated carbocycles. The monoisotopic (exact) mass is 300 g/mol. The summed E-state index contributed by atoms with van der Waals surface area (Å²) in [4.78, 5) is 27.7. The van der Waals surface area contributed by atoms with Crippen LogP contribution in [0.1, 0.15) is 40.0 Å². The molecule has 0 spiro atoms. The van der Waals surface area contributed by atoms with E-state index < -0.39 is 12.0 Å². The molecule has 0 aromatic heterocycles. The molecule has 1 heterocycles. The maximum Gasteiger partial charge on any atom is 0.327 e. The molecule has 1 aliphatic carbocycles. The highest BCUT2D eigenvalue weighted by Crippen LogP contribution is 2.35. The third kappa shape index (κ3) is 3.22. The number of amides is 2. The Morgan fingerprint density at radius 3 is 2.50 bits per heavy atom. The maximum atomic E-state index is 12.8. The lowest BCUT2D eigenvalue weighted by Gasteiger charge is -2.34. The van der Waals surface area contributed by atoms with E-state index in [-0.39, 0.29) is 11.4 Å². The van der Waals surface area contributed by atoms with Gasteiger partial charge in [-0.1, -0.05) is 20.8 Å². The van der Waals surface area contributed by atoms with Crippen LogP contribution in [0.25, 0.3) is 0 Å². The van der Waals surface area contributed by atoms with Crippen LogP contribution in [-0.4, -0.2) is 56.7 Å². The topological polar surface area (TPSA) is 60.9 Å². The summed E-state index contributed by atoms with van der Waals surface area (Å²) in [6.07, 6.45) is 2.89. The third-order valence-corrected chi connectivity index (χ3v) is 5.20. The second kappa shape index (κ2) is 6.24. The van der Waals surface area contributed by atoms with Crippen LogP contribution < -0.4 is 0 Å². The van der Waals surface area contributed by atoms with Crippen molar-refractivity contribution in [2.24, 2.45) is 5.92 Å². The Morgan fingerprint density at radius 2 is 2.05 bits per heavy atom. The highest BCUT2D eigenvalue weighted by molar-refractivity contribution is 8.00. The van der Waals surface area contributed by atoms with Gasteiger partial charge in [-0.3, -0.25) is 4.90 Å². The molecule has 2 unspecified atom stereocenters. The second-order valence-corrected chi connectivity index (χ2v) is 7.23. The highest BCUT2D eigenvalue weighted by atomic mass is 32.2. The van der Waals surface area contributed by atoms with Gasteiger partial charge in [-0.25, -0.2) is 9.59 Å². The summed E-state index contributed by atoms with van der Waals surface area (Å²) >= 11 is 1.58. The van der Waals surface area contributed by atoms with Crippen molar-refractivity contribution < 1.29 is 14.7 Å². The molecule has 6 heteroatoms. The molecule has 0 bridgehead atoms. The zero-order valence-corrected chi connectivity index (χ0v) is 13.2. The third-order valence-electron chi connectivity index (χ3n) is 3.74. The number of nitrogens with zero attached hydrogens (tertiary/aromatic N) is 2. The molecule has 2 amide bonds. The Hall–Kier alpha value is -0.910. The molecule has 1 N–H and O–H groups in total. The number of aliphatic carboxylic acids is 1. The Bertz CT molecular complexity index is 385. The predicted octanol–water partition coefficient (Wildman–Crippen LogP) is 2.46. The Morgan fingerprint density at radius 1 is 1.40 bits per heavy atom. The second-order valence-electron chi connectivity index (χ2n) is 6.02. The Labute approximate surface area is 124 Å². The van der Waals surface area contributed by atoms with E-state index in [2.05, 4.69) is 13.8 Å². The number of carbonyl (C=O) groups is 2. The summed E-state index contributed by atoms with van der Waals surface area (Å²) in [5, 5.41) is 9.34. The largest absolute Gasteiger partial charge is 0.480 e. The zero-order valence-electron chi connectivity index (χ0n) is 12.4. The summed E-state index contributed by atoms with van der Waals surface area (Å²) in [6.45, 7) is 6.90. The number of thioether (sulfide) groups is 1. The molecule has 2 fully saturated rings. The van der Waals surface area contributed by atoms with Crippen molar-refractivity contribution in [3.63, 3.8) is 0 Å². The Kier molecular flexibility index (Phi) is 4.83. The minimum atomic E-state index is -0.887. The van der Waals surface area contributed by atoms with Gasteiger partial charge in [0.2, 0.25) is 0 Å². The zero-order chi connectivity index (χ0) is 14.9. The van der Waals surface area contributed by atoms with Crippen molar-refractivity contribution in [3.05, 3.63) is 0 Å². The summed E-state index contributed by atoms with van der Waals surface area (Å²) in [5.74, 6) is 0.0139. The van der Waals surface area contributed by atoms with Crippen molar-refractivity contribution in [1.29, 1.82) is 0 Å². The fourth-order valence-corrected chi connectivity index (χ4v) is 3.98. The van der Waals surface area contributed by atoms with E-state index in [0.29, 0.717) is 24.3 Å². The van der Waals surface area contributed by atoms with Crippen LogP contribution in [0, 0.1) is 5.92 Å². The van der Waals surface area contributed by atoms with Gasteiger partial charge in [-0.15, -0.1) is 11.8 Å². The average molecular weight is 300 g/mol. The van der Waals surface area contributed by atoms with Gasteiger partial charge in [-0.05, 0) is 25.2 Å². The summed E-state index contributed by atoms with van der Waals surface area (Å²) in [7, 11) is 0. The van der Waals surface area contributed by atoms with Gasteiger partial charge in [0, 0.05) is 18.3 Å². The summed E-state index contributed by atoms with van der Waals surface area (Å²) in [5.41, 5.74) is 0. The molecule has 2 rings (SSSR count). The van der Waals surface area contributed by atoms with E-state index in [1.165, 1.54) is 0 Å². The van der Waals surface area contributed by atoms with Crippen LogP contribution >= 0.6 is 11.8 Å². The molecule has 5 nitrogen and oxygen atoms in total. The molecule has 1 saturated heterocycles. The standard InChI is InChI=1S/C14H24N2O3S/c1-4-12-16(11(8-20-12)13(17)18)14(19)15(7-9(2)3)10-5-6-10/h9-12H,4-8H2,1-3H3,(H,17,18). The summed E-state index contributed by atoms with van der Waals surface area (Å²) < 4.78 is 0. The molecule has 20 heavy (non-hydrogen) atoms. The van der Waals surface area contributed by atoms with E-state index in [9.17, 15) is 14.7 Å². The fourth-order valence-electron chi connectivity index (χ4n) is 2.64. The molecular weight excluding hydrogens is 276 g/mol. The lowest BCUT2D eigenvalue weighted by molar-refractivity contribution is -0.141. The summed E-state index contributed by atoms with van der Waals surface area (Å²) in [6, 6.07) is -0.432. The molecule has 114 valence electrons. The van der Waals surface area contributed by atoms with Gasteiger partial charge < -0.3 is 10.0 Å². The number of hydrogen-bond donors (Lipinski definition) is 1. The first-order valence-electron chi connectivity index (χ1n) is 7.39. The van der Waals surface area contributed by atoms with Gasteiger partial charge in [0.1, 0.15) is 6.04 Å². The predicted molar refractivity (Wildman–Crippen MR) is 79.8 cm³/mol. The normalized spacial score (nSPS) is 26.1. The van der Waals surface area contributed by atoms with Crippen molar-refractivity contribution in [2.75, 3.05) is 12.3 Å². The molecule has 1 aliphatic heterocycles. The minimum Gasteiger partial charge on any atom is -0.480 e. The number of urea groups is 1. The van der Waals surface area contributed by atoms with Gasteiger partial charge in [0.15, 0.2) is 0 Å². The van der Waals surface area contributed by atoms with E-state index in [4.69, 9.17) is 0 Å². The van der Waals surface area contributed by atoms with E-state index in [1.807, 2.05) is 11.8 Å². The van der Waals surface area contributed by atoms with Crippen LogP contribution in [0.3, 0.4) is 0 Å². The van der Waals surface area contributed by atoms with Gasteiger partial charge in [-0.2, -0.15) is 0 Å². The van der Waals surface area contributed by atoms with Crippen molar-refractivity contribution in [3.8, 4) is 0 Å². The molecule has 2 aliphatic rings. The Balaban J connectivity index is 2.16. The fraction of sp³-hybridized carbons (Fsp3) is 0.857. The molecule has 0 aromatic rings. The van der Waals surface area contributed by atoms with Gasteiger partial charge >= 0.3 is 12.0 Å². The van der Waals surface area contributed by atoms with E-state index in [1.54, 1.807) is 16.7 Å². The van der Waals surface area contributed by atoms with Crippen molar-refractivity contribution in [1.82, 2.24) is 9.80 Å². The lowest BCUT2D eigenvalue weighted by Crippen LogP contribution is -2.52. The first kappa shape index (κ1) is 15.5. The van der Waals surface area contributed by atoms with Crippen LogP contribution in [0.4, 0.5) is 4.79 Å². The lowest BCUT2D eigenvalue weighted by atomic mass is 10.2. The molecule has 0 radical (unpaired) electrons. The number of carboxylic acid groups (broad SMARTS) is 1. The number of hydrogen-bond acceptors (Lipinski definition) is 3. The molecular formula is C14H24N2O3S. The average Bonchev–Trinajstić information content (AvgIpc) is 3.12. The van der Waals surface area contributed by atoms with Crippen LogP contribution in [0.2, 0.25) is 0 Å². The van der Waals surface area contributed by atoms with Crippen LogP contribution in [-0.2, 0) is 4.79 Å².